The number of hydrogen-bond donors (Lipinski definition) is 1. The lowest BCUT2D eigenvalue weighted by molar-refractivity contribution is 0.527. The highest BCUT2D eigenvalue weighted by molar-refractivity contribution is 7.09. The molecular formula is C13H17N3S. The van der Waals surface area contributed by atoms with Crippen molar-refractivity contribution >= 4 is 11.3 Å². The lowest BCUT2D eigenvalue weighted by atomic mass is 10.1. The molecular weight excluding hydrogens is 230 g/mol. The topological polar surface area (TPSA) is 37.8 Å². The van der Waals surface area contributed by atoms with Gasteiger partial charge in [-0.05, 0) is 24.6 Å². The van der Waals surface area contributed by atoms with Gasteiger partial charge in [0.25, 0.3) is 0 Å². The van der Waals surface area contributed by atoms with Gasteiger partial charge in [0.1, 0.15) is 0 Å². The summed E-state index contributed by atoms with van der Waals surface area (Å²) in [6, 6.07) is 4.42. The highest BCUT2D eigenvalue weighted by Gasteiger charge is 2.12. The first kappa shape index (κ1) is 12.2. The maximum absolute atomic E-state index is 4.35. The quantitative estimate of drug-likeness (QED) is 0.853. The highest BCUT2D eigenvalue weighted by atomic mass is 32.1. The smallest absolute Gasteiger partial charge is 0.0943 e. The van der Waals surface area contributed by atoms with Gasteiger partial charge in [0.15, 0.2) is 0 Å². The fraction of sp³-hybridized carbons (Fsp3) is 0.385. The van der Waals surface area contributed by atoms with E-state index in [4.69, 9.17) is 0 Å². The van der Waals surface area contributed by atoms with Crippen LogP contribution in [0.25, 0.3) is 0 Å². The summed E-state index contributed by atoms with van der Waals surface area (Å²) in [6.07, 6.45) is 7.67. The summed E-state index contributed by atoms with van der Waals surface area (Å²) in [4.78, 5) is 8.53. The summed E-state index contributed by atoms with van der Waals surface area (Å²) < 4.78 is 0. The molecule has 2 aromatic heterocycles. The van der Waals surface area contributed by atoms with E-state index in [0.29, 0.717) is 6.04 Å². The Morgan fingerprint density at radius 3 is 3.00 bits per heavy atom. The van der Waals surface area contributed by atoms with E-state index in [1.807, 2.05) is 30.0 Å². The fourth-order valence-electron chi connectivity index (χ4n) is 1.74. The number of rotatable bonds is 6. The minimum atomic E-state index is 0.315. The largest absolute Gasteiger partial charge is 0.310 e. The van der Waals surface area contributed by atoms with Gasteiger partial charge in [-0.1, -0.05) is 13.0 Å². The summed E-state index contributed by atoms with van der Waals surface area (Å²) in [5.74, 6) is 0. The minimum absolute atomic E-state index is 0.315. The minimum Gasteiger partial charge on any atom is -0.310 e. The summed E-state index contributed by atoms with van der Waals surface area (Å²) >= 11 is 1.71. The third-order valence-electron chi connectivity index (χ3n) is 2.59. The van der Waals surface area contributed by atoms with Crippen molar-refractivity contribution in [3.05, 3.63) is 46.7 Å². The van der Waals surface area contributed by atoms with E-state index in [0.717, 1.165) is 19.4 Å². The van der Waals surface area contributed by atoms with Gasteiger partial charge in [0.05, 0.1) is 5.01 Å². The van der Waals surface area contributed by atoms with Crippen molar-refractivity contribution in [3.63, 3.8) is 0 Å². The molecule has 2 rings (SSSR count). The van der Waals surface area contributed by atoms with Crippen molar-refractivity contribution in [2.45, 2.75) is 25.8 Å². The fourth-order valence-corrected chi connectivity index (χ4v) is 2.40. The molecule has 90 valence electrons. The Morgan fingerprint density at radius 1 is 1.41 bits per heavy atom. The monoisotopic (exact) mass is 247 g/mol. The van der Waals surface area contributed by atoms with Gasteiger partial charge < -0.3 is 5.32 Å². The van der Waals surface area contributed by atoms with Gasteiger partial charge >= 0.3 is 0 Å². The molecule has 0 saturated heterocycles. The van der Waals surface area contributed by atoms with Crippen LogP contribution in [0.3, 0.4) is 0 Å². The van der Waals surface area contributed by atoms with Crippen LogP contribution in [0, 0.1) is 0 Å². The summed E-state index contributed by atoms with van der Waals surface area (Å²) in [6.45, 7) is 3.20. The Bertz CT molecular complexity index is 413. The van der Waals surface area contributed by atoms with Gasteiger partial charge in [0, 0.05) is 36.4 Å². The maximum atomic E-state index is 4.35. The van der Waals surface area contributed by atoms with Crippen molar-refractivity contribution in [2.75, 3.05) is 6.54 Å². The first-order chi connectivity index (χ1) is 8.40. The van der Waals surface area contributed by atoms with Crippen LogP contribution in [-0.2, 0) is 6.42 Å². The Balaban J connectivity index is 2.08. The van der Waals surface area contributed by atoms with Crippen LogP contribution in [0.15, 0.2) is 36.1 Å². The van der Waals surface area contributed by atoms with Crippen molar-refractivity contribution in [1.29, 1.82) is 0 Å². The number of nitrogens with one attached hydrogen (secondary N) is 1. The maximum Gasteiger partial charge on any atom is 0.0943 e. The Kier molecular flexibility index (Phi) is 4.64. The predicted octanol–water partition coefficient (Wildman–Crippen LogP) is 2.82. The molecule has 17 heavy (non-hydrogen) atoms. The molecule has 0 aromatic carbocycles. The van der Waals surface area contributed by atoms with E-state index < -0.39 is 0 Å². The summed E-state index contributed by atoms with van der Waals surface area (Å²) in [7, 11) is 0. The molecule has 0 fully saturated rings. The Labute approximate surface area is 106 Å². The van der Waals surface area contributed by atoms with Crippen LogP contribution < -0.4 is 5.32 Å². The lowest BCUT2D eigenvalue weighted by Crippen LogP contribution is -2.24. The van der Waals surface area contributed by atoms with Crippen LogP contribution in [-0.4, -0.2) is 16.5 Å². The zero-order chi connectivity index (χ0) is 11.9. The first-order valence-electron chi connectivity index (χ1n) is 5.92. The second-order valence-corrected chi connectivity index (χ2v) is 4.90. The zero-order valence-corrected chi connectivity index (χ0v) is 10.8. The van der Waals surface area contributed by atoms with Gasteiger partial charge in [-0.2, -0.15) is 0 Å². The standard InChI is InChI=1S/C13H17N3S/c1-2-5-15-12(9-13-16-7-8-17-13)11-4-3-6-14-10-11/h3-4,6-8,10,12,15H,2,5,9H2,1H3. The normalized spacial score (nSPS) is 12.5. The van der Waals surface area contributed by atoms with Crippen LogP contribution in [0.5, 0.6) is 0 Å². The van der Waals surface area contributed by atoms with Crippen molar-refractivity contribution in [3.8, 4) is 0 Å². The molecule has 3 nitrogen and oxygen atoms in total. The van der Waals surface area contributed by atoms with Gasteiger partial charge in [0.2, 0.25) is 0 Å². The SMILES string of the molecule is CCCNC(Cc1nccs1)c1cccnc1. The second-order valence-electron chi connectivity index (χ2n) is 3.92. The molecule has 0 radical (unpaired) electrons. The lowest BCUT2D eigenvalue weighted by Gasteiger charge is -2.17. The van der Waals surface area contributed by atoms with E-state index in [1.165, 1.54) is 10.6 Å². The van der Waals surface area contributed by atoms with Crippen molar-refractivity contribution in [2.24, 2.45) is 0 Å². The molecule has 4 heteroatoms. The number of thiazole rings is 1. The molecule has 0 aliphatic carbocycles. The summed E-state index contributed by atoms with van der Waals surface area (Å²) in [5.41, 5.74) is 1.23. The van der Waals surface area contributed by atoms with E-state index in [2.05, 4.69) is 28.3 Å². The second kappa shape index (κ2) is 6.47. The average Bonchev–Trinajstić information content (AvgIpc) is 2.88. The average molecular weight is 247 g/mol. The molecule has 1 unspecified atom stereocenters. The number of pyridine rings is 1. The molecule has 2 aromatic rings. The molecule has 0 amide bonds. The molecule has 0 bridgehead atoms. The van der Waals surface area contributed by atoms with E-state index in [1.54, 1.807) is 11.3 Å². The van der Waals surface area contributed by atoms with E-state index >= 15 is 0 Å². The number of hydrogen-bond acceptors (Lipinski definition) is 4. The van der Waals surface area contributed by atoms with Gasteiger partial charge in [-0.15, -0.1) is 11.3 Å². The van der Waals surface area contributed by atoms with Gasteiger partial charge in [-0.25, -0.2) is 4.98 Å². The van der Waals surface area contributed by atoms with E-state index in [-0.39, 0.29) is 0 Å². The van der Waals surface area contributed by atoms with Crippen LogP contribution >= 0.6 is 11.3 Å². The molecule has 1 atom stereocenters. The van der Waals surface area contributed by atoms with Crippen LogP contribution in [0.2, 0.25) is 0 Å². The molecule has 0 spiro atoms. The van der Waals surface area contributed by atoms with Crippen molar-refractivity contribution < 1.29 is 0 Å². The van der Waals surface area contributed by atoms with E-state index in [9.17, 15) is 0 Å². The Hall–Kier alpha value is -1.26. The molecule has 2 heterocycles. The third kappa shape index (κ3) is 3.61. The number of nitrogens with zero attached hydrogens (tertiary/aromatic N) is 2. The van der Waals surface area contributed by atoms with Crippen LogP contribution in [0.4, 0.5) is 0 Å². The van der Waals surface area contributed by atoms with Gasteiger partial charge in [-0.3, -0.25) is 4.98 Å². The summed E-state index contributed by atoms with van der Waals surface area (Å²) in [5, 5.41) is 6.74. The molecule has 0 saturated carbocycles. The molecule has 1 N–H and O–H groups in total. The third-order valence-corrected chi connectivity index (χ3v) is 3.39. The predicted molar refractivity (Wildman–Crippen MR) is 71.1 cm³/mol. The highest BCUT2D eigenvalue weighted by Crippen LogP contribution is 2.18. The van der Waals surface area contributed by atoms with Crippen LogP contribution in [0.1, 0.15) is 30.0 Å². The number of aromatic nitrogens is 2. The van der Waals surface area contributed by atoms with Crippen molar-refractivity contribution in [1.82, 2.24) is 15.3 Å². The molecule has 0 aliphatic rings. The first-order valence-corrected chi connectivity index (χ1v) is 6.79. The molecule has 0 aliphatic heterocycles. The Morgan fingerprint density at radius 2 is 2.35 bits per heavy atom. The zero-order valence-electron chi connectivity index (χ0n) is 9.97.